The van der Waals surface area contributed by atoms with Crippen LogP contribution in [0, 0.1) is 5.82 Å². The first-order chi connectivity index (χ1) is 6.77. The van der Waals surface area contributed by atoms with Crippen LogP contribution >= 0.6 is 0 Å². The summed E-state index contributed by atoms with van der Waals surface area (Å²) in [6.45, 7) is 0. The number of pyridine rings is 1. The fraction of sp³-hybridized carbons (Fsp3) is 0. The van der Waals surface area contributed by atoms with Crippen LogP contribution in [0.25, 0.3) is 11.3 Å². The van der Waals surface area contributed by atoms with Gasteiger partial charge in [-0.25, -0.2) is 4.39 Å². The highest BCUT2D eigenvalue weighted by Gasteiger charge is 2.04. The van der Waals surface area contributed by atoms with Gasteiger partial charge in [-0.15, -0.1) is 0 Å². The molecular formula is C11H9FN2. The van der Waals surface area contributed by atoms with Gasteiger partial charge >= 0.3 is 0 Å². The van der Waals surface area contributed by atoms with E-state index in [0.717, 1.165) is 5.56 Å². The minimum absolute atomic E-state index is 0.322. The average Bonchev–Trinajstić information content (AvgIpc) is 2.20. The number of rotatable bonds is 1. The van der Waals surface area contributed by atoms with E-state index in [2.05, 4.69) is 4.98 Å². The van der Waals surface area contributed by atoms with Crippen LogP contribution in [-0.4, -0.2) is 4.98 Å². The molecule has 0 saturated carbocycles. The third-order valence-corrected chi connectivity index (χ3v) is 1.94. The van der Waals surface area contributed by atoms with Gasteiger partial charge in [0.25, 0.3) is 0 Å². The van der Waals surface area contributed by atoms with Gasteiger partial charge in [-0.3, -0.25) is 4.98 Å². The van der Waals surface area contributed by atoms with E-state index in [-0.39, 0.29) is 5.82 Å². The maximum Gasteiger partial charge on any atom is 0.149 e. The number of nitrogens with zero attached hydrogens (tertiary/aromatic N) is 1. The molecule has 2 aromatic rings. The number of anilines is 1. The zero-order valence-corrected chi connectivity index (χ0v) is 7.44. The van der Waals surface area contributed by atoms with Crippen molar-refractivity contribution in [3.8, 4) is 11.3 Å². The van der Waals surface area contributed by atoms with Crippen molar-refractivity contribution in [3.05, 3.63) is 48.4 Å². The summed E-state index contributed by atoms with van der Waals surface area (Å²) in [5.41, 5.74) is 7.27. The lowest BCUT2D eigenvalue weighted by atomic mass is 10.1. The lowest BCUT2D eigenvalue weighted by molar-refractivity contribution is 0.626. The van der Waals surface area contributed by atoms with E-state index in [9.17, 15) is 4.39 Å². The Balaban J connectivity index is 2.50. The van der Waals surface area contributed by atoms with E-state index in [1.807, 2.05) is 0 Å². The average molecular weight is 188 g/mol. The Morgan fingerprint density at radius 1 is 1.07 bits per heavy atom. The van der Waals surface area contributed by atoms with Crippen molar-refractivity contribution in [2.75, 3.05) is 5.73 Å². The summed E-state index contributed by atoms with van der Waals surface area (Å²) in [6, 6.07) is 9.91. The van der Waals surface area contributed by atoms with Crippen molar-refractivity contribution in [2.45, 2.75) is 0 Å². The van der Waals surface area contributed by atoms with Gasteiger partial charge in [-0.1, -0.05) is 12.1 Å². The Labute approximate surface area is 81.2 Å². The van der Waals surface area contributed by atoms with E-state index in [1.54, 1.807) is 36.5 Å². The van der Waals surface area contributed by atoms with E-state index in [4.69, 9.17) is 5.73 Å². The van der Waals surface area contributed by atoms with Crippen molar-refractivity contribution in [3.63, 3.8) is 0 Å². The first kappa shape index (κ1) is 8.69. The van der Waals surface area contributed by atoms with E-state index in [0.29, 0.717) is 11.4 Å². The third kappa shape index (κ3) is 1.57. The van der Waals surface area contributed by atoms with Gasteiger partial charge < -0.3 is 5.73 Å². The monoisotopic (exact) mass is 188 g/mol. The zero-order valence-electron chi connectivity index (χ0n) is 7.44. The molecule has 14 heavy (non-hydrogen) atoms. The molecule has 0 aliphatic heterocycles. The van der Waals surface area contributed by atoms with Gasteiger partial charge in [0.15, 0.2) is 0 Å². The molecule has 2 N–H and O–H groups in total. The minimum Gasteiger partial charge on any atom is -0.399 e. The molecule has 3 heteroatoms. The number of hydrogen-bond acceptors (Lipinski definition) is 2. The Morgan fingerprint density at radius 2 is 1.79 bits per heavy atom. The predicted molar refractivity (Wildman–Crippen MR) is 54.0 cm³/mol. The molecule has 0 saturated heterocycles. The van der Waals surface area contributed by atoms with Crippen LogP contribution < -0.4 is 5.73 Å². The van der Waals surface area contributed by atoms with Crippen molar-refractivity contribution < 1.29 is 4.39 Å². The lowest BCUT2D eigenvalue weighted by Gasteiger charge is -2.01. The number of nitrogen functional groups attached to an aromatic ring is 1. The molecule has 0 spiro atoms. The SMILES string of the molecule is Nc1ccc(-c2ncccc2F)cc1. The van der Waals surface area contributed by atoms with Crippen molar-refractivity contribution in [1.82, 2.24) is 4.98 Å². The van der Waals surface area contributed by atoms with Crippen molar-refractivity contribution >= 4 is 5.69 Å². The van der Waals surface area contributed by atoms with Gasteiger partial charge in [0.2, 0.25) is 0 Å². The lowest BCUT2D eigenvalue weighted by Crippen LogP contribution is -1.89. The topological polar surface area (TPSA) is 38.9 Å². The van der Waals surface area contributed by atoms with E-state index < -0.39 is 0 Å². The van der Waals surface area contributed by atoms with E-state index >= 15 is 0 Å². The number of aromatic nitrogens is 1. The largest absolute Gasteiger partial charge is 0.399 e. The molecule has 1 heterocycles. The van der Waals surface area contributed by atoms with Crippen LogP contribution in [0.1, 0.15) is 0 Å². The summed E-state index contributed by atoms with van der Waals surface area (Å²) >= 11 is 0. The molecule has 0 amide bonds. The molecule has 2 nitrogen and oxygen atoms in total. The molecular weight excluding hydrogens is 179 g/mol. The second-order valence-electron chi connectivity index (χ2n) is 2.96. The highest BCUT2D eigenvalue weighted by molar-refractivity contribution is 5.62. The molecule has 0 aliphatic carbocycles. The maximum absolute atomic E-state index is 13.3. The summed E-state index contributed by atoms with van der Waals surface area (Å²) < 4.78 is 13.3. The smallest absolute Gasteiger partial charge is 0.149 e. The molecule has 0 atom stereocenters. The Morgan fingerprint density at radius 3 is 2.43 bits per heavy atom. The Bertz CT molecular complexity index is 437. The highest BCUT2D eigenvalue weighted by atomic mass is 19.1. The molecule has 70 valence electrons. The molecule has 0 unspecified atom stereocenters. The maximum atomic E-state index is 13.3. The molecule has 1 aromatic heterocycles. The number of hydrogen-bond donors (Lipinski definition) is 1. The second-order valence-corrected chi connectivity index (χ2v) is 2.96. The normalized spacial score (nSPS) is 10.1. The van der Waals surface area contributed by atoms with Gasteiger partial charge in [0.1, 0.15) is 11.5 Å². The standard InChI is InChI=1S/C11H9FN2/c12-10-2-1-7-14-11(10)8-3-5-9(13)6-4-8/h1-7H,13H2. The first-order valence-electron chi connectivity index (χ1n) is 4.24. The Kier molecular flexibility index (Phi) is 2.14. The molecule has 2 rings (SSSR count). The van der Waals surface area contributed by atoms with Crippen LogP contribution in [0.15, 0.2) is 42.6 Å². The highest BCUT2D eigenvalue weighted by Crippen LogP contribution is 2.20. The van der Waals surface area contributed by atoms with Crippen LogP contribution in [0.4, 0.5) is 10.1 Å². The fourth-order valence-electron chi connectivity index (χ4n) is 1.24. The summed E-state index contributed by atoms with van der Waals surface area (Å²) in [6.07, 6.45) is 1.56. The van der Waals surface area contributed by atoms with Crippen LogP contribution in [0.5, 0.6) is 0 Å². The number of nitrogens with two attached hydrogens (primary N) is 1. The second kappa shape index (κ2) is 3.46. The number of halogens is 1. The van der Waals surface area contributed by atoms with Crippen molar-refractivity contribution in [1.29, 1.82) is 0 Å². The van der Waals surface area contributed by atoms with E-state index in [1.165, 1.54) is 6.07 Å². The quantitative estimate of drug-likeness (QED) is 0.698. The minimum atomic E-state index is -0.322. The van der Waals surface area contributed by atoms with Gasteiger partial charge in [-0.2, -0.15) is 0 Å². The fourth-order valence-corrected chi connectivity index (χ4v) is 1.24. The first-order valence-corrected chi connectivity index (χ1v) is 4.24. The van der Waals surface area contributed by atoms with Gasteiger partial charge in [0, 0.05) is 17.4 Å². The Hall–Kier alpha value is -1.90. The summed E-state index contributed by atoms with van der Waals surface area (Å²) in [7, 11) is 0. The molecule has 0 radical (unpaired) electrons. The van der Waals surface area contributed by atoms with Crippen molar-refractivity contribution in [2.24, 2.45) is 0 Å². The zero-order chi connectivity index (χ0) is 9.97. The number of benzene rings is 1. The van der Waals surface area contributed by atoms with Gasteiger partial charge in [0.05, 0.1) is 0 Å². The summed E-state index contributed by atoms with van der Waals surface area (Å²) in [4.78, 5) is 3.96. The predicted octanol–water partition coefficient (Wildman–Crippen LogP) is 2.47. The molecule has 1 aromatic carbocycles. The van der Waals surface area contributed by atoms with Crippen LogP contribution in [0.2, 0.25) is 0 Å². The molecule has 0 bridgehead atoms. The molecule has 0 aliphatic rings. The summed E-state index contributed by atoms with van der Waals surface area (Å²) in [5, 5.41) is 0. The van der Waals surface area contributed by atoms with Crippen LogP contribution in [-0.2, 0) is 0 Å². The van der Waals surface area contributed by atoms with Crippen LogP contribution in [0.3, 0.4) is 0 Å². The third-order valence-electron chi connectivity index (χ3n) is 1.94. The molecule has 0 fully saturated rings. The van der Waals surface area contributed by atoms with Gasteiger partial charge in [-0.05, 0) is 24.3 Å². The summed E-state index contributed by atoms with van der Waals surface area (Å²) in [5.74, 6) is -0.322.